The van der Waals surface area contributed by atoms with Crippen molar-refractivity contribution in [2.24, 2.45) is 0 Å². The van der Waals surface area contributed by atoms with Crippen LogP contribution in [0.15, 0.2) is 12.1 Å². The predicted octanol–water partition coefficient (Wildman–Crippen LogP) is 1.31. The van der Waals surface area contributed by atoms with E-state index < -0.39 is 14.8 Å². The number of hydrogen-bond donors (Lipinski definition) is 0. The fourth-order valence-electron chi connectivity index (χ4n) is 2.27. The van der Waals surface area contributed by atoms with E-state index in [9.17, 15) is 23.3 Å². The average molecular weight is 318 g/mol. The Labute approximate surface area is 120 Å². The second kappa shape index (κ2) is 5.49. The van der Waals surface area contributed by atoms with Gasteiger partial charge in [-0.15, -0.1) is 0 Å². The number of hydrogen-bond acceptors (Lipinski definition) is 6. The Morgan fingerprint density at radius 3 is 2.70 bits per heavy atom. The van der Waals surface area contributed by atoms with Gasteiger partial charge in [0.2, 0.25) is 0 Å². The maximum atomic E-state index is 12.3. The third-order valence-electron chi connectivity index (χ3n) is 3.23. The molecule has 0 unspecified atom stereocenters. The summed E-state index contributed by atoms with van der Waals surface area (Å²) in [7, 11) is -3.07. The number of sulfone groups is 1. The molecule has 0 aromatic carbocycles. The van der Waals surface area contributed by atoms with Crippen LogP contribution in [0.1, 0.15) is 23.0 Å². The first-order valence-electron chi connectivity index (χ1n) is 6.09. The van der Waals surface area contributed by atoms with Crippen LogP contribution in [0.4, 0.5) is 5.00 Å². The lowest BCUT2D eigenvalue weighted by atomic mass is 10.2. The highest BCUT2D eigenvalue weighted by atomic mass is 32.2. The molecule has 110 valence electrons. The van der Waals surface area contributed by atoms with Crippen LogP contribution >= 0.6 is 11.3 Å². The largest absolute Gasteiger partial charge is 0.334 e. The summed E-state index contributed by atoms with van der Waals surface area (Å²) in [5.41, 5.74) is 0. The molecule has 0 saturated carbocycles. The molecule has 0 N–H and O–H groups in total. The van der Waals surface area contributed by atoms with E-state index in [0.29, 0.717) is 13.0 Å². The first-order chi connectivity index (χ1) is 9.34. The molecule has 2 rings (SSSR count). The minimum atomic E-state index is -3.07. The van der Waals surface area contributed by atoms with E-state index in [0.717, 1.165) is 11.3 Å². The summed E-state index contributed by atoms with van der Waals surface area (Å²) in [4.78, 5) is 24.2. The highest BCUT2D eigenvalue weighted by Crippen LogP contribution is 2.27. The summed E-state index contributed by atoms with van der Waals surface area (Å²) in [6.45, 7) is 2.15. The van der Waals surface area contributed by atoms with Gasteiger partial charge in [0.1, 0.15) is 0 Å². The van der Waals surface area contributed by atoms with E-state index >= 15 is 0 Å². The van der Waals surface area contributed by atoms with Crippen molar-refractivity contribution < 1.29 is 18.1 Å². The number of rotatable bonds is 4. The second-order valence-electron chi connectivity index (χ2n) is 4.54. The Balaban J connectivity index is 2.19. The molecule has 1 fully saturated rings. The van der Waals surface area contributed by atoms with Gasteiger partial charge in [0.25, 0.3) is 5.91 Å². The quantitative estimate of drug-likeness (QED) is 0.616. The van der Waals surface area contributed by atoms with Crippen molar-refractivity contribution in [3.8, 4) is 0 Å². The summed E-state index contributed by atoms with van der Waals surface area (Å²) in [6, 6.07) is 2.37. The summed E-state index contributed by atoms with van der Waals surface area (Å²) < 4.78 is 23.0. The molecule has 9 heteroatoms. The number of nitrogens with zero attached hydrogens (tertiary/aromatic N) is 2. The Bertz CT molecular complexity index is 637. The first-order valence-corrected chi connectivity index (χ1v) is 8.73. The molecule has 20 heavy (non-hydrogen) atoms. The number of thiophene rings is 1. The van der Waals surface area contributed by atoms with Gasteiger partial charge in [0.15, 0.2) is 9.84 Å². The molecule has 7 nitrogen and oxygen atoms in total. The highest BCUT2D eigenvalue weighted by molar-refractivity contribution is 7.91. The van der Waals surface area contributed by atoms with Crippen molar-refractivity contribution in [2.75, 3.05) is 18.1 Å². The molecule has 0 spiro atoms. The predicted molar refractivity (Wildman–Crippen MR) is 74.7 cm³/mol. The zero-order valence-electron chi connectivity index (χ0n) is 10.8. The van der Waals surface area contributed by atoms with E-state index in [1.807, 2.05) is 0 Å². The molecule has 0 radical (unpaired) electrons. The average Bonchev–Trinajstić information content (AvgIpc) is 2.97. The number of amides is 1. The third kappa shape index (κ3) is 2.98. The lowest BCUT2D eigenvalue weighted by Gasteiger charge is -2.26. The smallest absolute Gasteiger partial charge is 0.324 e. The second-order valence-corrected chi connectivity index (χ2v) is 7.83. The van der Waals surface area contributed by atoms with E-state index in [1.165, 1.54) is 17.0 Å². The van der Waals surface area contributed by atoms with Crippen LogP contribution in [-0.2, 0) is 9.84 Å². The van der Waals surface area contributed by atoms with Crippen molar-refractivity contribution in [3.63, 3.8) is 0 Å². The molecule has 1 saturated heterocycles. The first kappa shape index (κ1) is 14.9. The van der Waals surface area contributed by atoms with Crippen molar-refractivity contribution in [2.45, 2.75) is 19.4 Å². The molecule has 1 aliphatic heterocycles. The lowest BCUT2D eigenvalue weighted by Crippen LogP contribution is -2.40. The molecule has 1 aromatic heterocycles. The van der Waals surface area contributed by atoms with Crippen LogP contribution in [-0.4, -0.2) is 48.2 Å². The summed E-state index contributed by atoms with van der Waals surface area (Å²) in [5, 5.41) is 10.5. The van der Waals surface area contributed by atoms with Crippen molar-refractivity contribution in [1.29, 1.82) is 0 Å². The third-order valence-corrected chi connectivity index (χ3v) is 6.01. The van der Waals surface area contributed by atoms with Crippen molar-refractivity contribution in [3.05, 3.63) is 27.1 Å². The van der Waals surface area contributed by atoms with Gasteiger partial charge in [-0.1, -0.05) is 11.3 Å². The SMILES string of the molecule is CCN(C(=O)c1ccc([N+](=O)[O-])s1)[C@@H]1CCS(=O)(=O)C1. The fourth-order valence-corrected chi connectivity index (χ4v) is 4.78. The zero-order valence-corrected chi connectivity index (χ0v) is 12.4. The van der Waals surface area contributed by atoms with E-state index in [2.05, 4.69) is 0 Å². The summed E-state index contributed by atoms with van der Waals surface area (Å²) in [6.07, 6.45) is 0.426. The molecule has 0 bridgehead atoms. The molecule has 1 aromatic rings. The van der Waals surface area contributed by atoms with Crippen LogP contribution in [0, 0.1) is 10.1 Å². The van der Waals surface area contributed by atoms with Gasteiger partial charge in [-0.2, -0.15) is 0 Å². The molecule has 2 heterocycles. The van der Waals surface area contributed by atoms with Crippen molar-refractivity contribution >= 4 is 32.1 Å². The van der Waals surface area contributed by atoms with E-state index in [1.54, 1.807) is 6.92 Å². The van der Waals surface area contributed by atoms with Gasteiger partial charge in [0.05, 0.1) is 21.3 Å². The van der Waals surface area contributed by atoms with Crippen LogP contribution in [0.5, 0.6) is 0 Å². The number of carbonyl (C=O) groups excluding carboxylic acids is 1. The van der Waals surface area contributed by atoms with Gasteiger partial charge in [-0.3, -0.25) is 14.9 Å². The standard InChI is InChI=1S/C11H14N2O5S2/c1-2-12(8-5-6-20(17,18)7-8)11(14)9-3-4-10(19-9)13(15)16/h3-4,8H,2,5-7H2,1H3/t8-/m1/s1. The maximum Gasteiger partial charge on any atom is 0.324 e. The van der Waals surface area contributed by atoms with Gasteiger partial charge < -0.3 is 4.90 Å². The Morgan fingerprint density at radius 1 is 1.55 bits per heavy atom. The molecular formula is C11H14N2O5S2. The van der Waals surface area contributed by atoms with Gasteiger partial charge in [-0.05, 0) is 19.4 Å². The minimum Gasteiger partial charge on any atom is -0.334 e. The Morgan fingerprint density at radius 2 is 2.25 bits per heavy atom. The molecule has 1 atom stereocenters. The van der Waals surface area contributed by atoms with Crippen LogP contribution in [0.3, 0.4) is 0 Å². The number of carbonyl (C=O) groups is 1. The topological polar surface area (TPSA) is 97.6 Å². The highest BCUT2D eigenvalue weighted by Gasteiger charge is 2.34. The van der Waals surface area contributed by atoms with Gasteiger partial charge >= 0.3 is 5.00 Å². The fraction of sp³-hybridized carbons (Fsp3) is 0.545. The minimum absolute atomic E-state index is 0.0277. The Hall–Kier alpha value is -1.48. The summed E-state index contributed by atoms with van der Waals surface area (Å²) >= 11 is 0.812. The molecule has 0 aliphatic carbocycles. The van der Waals surface area contributed by atoms with Gasteiger partial charge in [-0.25, -0.2) is 8.42 Å². The lowest BCUT2D eigenvalue weighted by molar-refractivity contribution is -0.380. The van der Waals surface area contributed by atoms with Crippen molar-refractivity contribution in [1.82, 2.24) is 4.90 Å². The maximum absolute atomic E-state index is 12.3. The van der Waals surface area contributed by atoms with Gasteiger partial charge in [0, 0.05) is 18.7 Å². The monoisotopic (exact) mass is 318 g/mol. The van der Waals surface area contributed by atoms with E-state index in [-0.39, 0.29) is 33.3 Å². The number of nitro groups is 1. The Kier molecular flexibility index (Phi) is 4.09. The van der Waals surface area contributed by atoms with E-state index in [4.69, 9.17) is 0 Å². The molecule has 1 aliphatic rings. The van der Waals surface area contributed by atoms with Crippen LogP contribution in [0.25, 0.3) is 0 Å². The van der Waals surface area contributed by atoms with Crippen LogP contribution < -0.4 is 0 Å². The molecule has 1 amide bonds. The van der Waals surface area contributed by atoms with Crippen LogP contribution in [0.2, 0.25) is 0 Å². The summed E-state index contributed by atoms with van der Waals surface area (Å²) in [5.74, 6) is -0.279. The normalized spacial score (nSPS) is 20.8. The zero-order chi connectivity index (χ0) is 14.9. The molecular weight excluding hydrogens is 304 g/mol.